The number of halogens is 1. The molecule has 2 aromatic rings. The number of piperazine rings is 1. The van der Waals surface area contributed by atoms with Crippen molar-refractivity contribution in [3.05, 3.63) is 46.8 Å². The third-order valence-electron chi connectivity index (χ3n) is 3.94. The summed E-state index contributed by atoms with van der Waals surface area (Å²) >= 11 is 7.25. The Labute approximate surface area is 156 Å². The molecule has 25 heavy (non-hydrogen) atoms. The van der Waals surface area contributed by atoms with E-state index in [1.165, 1.54) is 15.6 Å². The van der Waals surface area contributed by atoms with Crippen molar-refractivity contribution in [2.45, 2.75) is 4.21 Å². The van der Waals surface area contributed by atoms with Crippen LogP contribution in [0.5, 0.6) is 0 Å². The van der Waals surface area contributed by atoms with E-state index < -0.39 is 10.0 Å². The molecular weight excluding hydrogens is 382 g/mol. The van der Waals surface area contributed by atoms with E-state index >= 15 is 0 Å². The Morgan fingerprint density at radius 3 is 2.48 bits per heavy atom. The normalized spacial score (nSPS) is 16.7. The van der Waals surface area contributed by atoms with Crippen LogP contribution in [0.1, 0.15) is 0 Å². The Balaban J connectivity index is 1.53. The Morgan fingerprint density at radius 2 is 1.84 bits per heavy atom. The van der Waals surface area contributed by atoms with Crippen molar-refractivity contribution in [1.29, 1.82) is 0 Å². The van der Waals surface area contributed by atoms with E-state index in [2.05, 4.69) is 5.32 Å². The van der Waals surface area contributed by atoms with Gasteiger partial charge >= 0.3 is 0 Å². The first-order valence-electron chi connectivity index (χ1n) is 7.77. The van der Waals surface area contributed by atoms with Gasteiger partial charge in [-0.25, -0.2) is 8.42 Å². The zero-order valence-corrected chi connectivity index (χ0v) is 15.8. The van der Waals surface area contributed by atoms with Crippen molar-refractivity contribution in [2.75, 3.05) is 38.0 Å². The van der Waals surface area contributed by atoms with E-state index in [9.17, 15) is 13.2 Å². The maximum atomic E-state index is 12.5. The minimum absolute atomic E-state index is 0.164. The highest BCUT2D eigenvalue weighted by Gasteiger charge is 2.29. The highest BCUT2D eigenvalue weighted by Crippen LogP contribution is 2.22. The average molecular weight is 400 g/mol. The monoisotopic (exact) mass is 399 g/mol. The molecule has 0 atom stereocenters. The van der Waals surface area contributed by atoms with E-state index in [1.54, 1.807) is 41.8 Å². The number of amides is 1. The Morgan fingerprint density at radius 1 is 1.12 bits per heavy atom. The molecule has 2 heterocycles. The topological polar surface area (TPSA) is 69.7 Å². The lowest BCUT2D eigenvalue weighted by Crippen LogP contribution is -2.50. The number of rotatable bonds is 5. The third kappa shape index (κ3) is 4.39. The highest BCUT2D eigenvalue weighted by atomic mass is 35.5. The molecule has 0 unspecified atom stereocenters. The van der Waals surface area contributed by atoms with Crippen LogP contribution < -0.4 is 5.32 Å². The van der Waals surface area contributed by atoms with Crippen molar-refractivity contribution in [1.82, 2.24) is 9.21 Å². The second kappa shape index (κ2) is 7.84. The Bertz CT molecular complexity index is 832. The summed E-state index contributed by atoms with van der Waals surface area (Å²) in [5.74, 6) is -0.164. The van der Waals surface area contributed by atoms with Crippen molar-refractivity contribution < 1.29 is 13.2 Å². The predicted molar refractivity (Wildman–Crippen MR) is 99.6 cm³/mol. The van der Waals surface area contributed by atoms with Crippen LogP contribution in [0.3, 0.4) is 0 Å². The van der Waals surface area contributed by atoms with Gasteiger partial charge in [0.2, 0.25) is 5.91 Å². The van der Waals surface area contributed by atoms with Crippen LogP contribution in [0.4, 0.5) is 5.69 Å². The molecule has 3 rings (SSSR count). The maximum absolute atomic E-state index is 12.5. The number of carbonyl (C=O) groups is 1. The molecule has 0 bridgehead atoms. The fraction of sp³-hybridized carbons (Fsp3) is 0.312. The molecule has 1 aromatic carbocycles. The predicted octanol–water partition coefficient (Wildman–Crippen LogP) is 2.35. The van der Waals surface area contributed by atoms with Gasteiger partial charge in [-0.1, -0.05) is 29.8 Å². The van der Waals surface area contributed by atoms with Gasteiger partial charge in [-0.2, -0.15) is 4.31 Å². The van der Waals surface area contributed by atoms with Gasteiger partial charge in [-0.3, -0.25) is 9.69 Å². The van der Waals surface area contributed by atoms with E-state index in [-0.39, 0.29) is 12.5 Å². The summed E-state index contributed by atoms with van der Waals surface area (Å²) in [6, 6.07) is 10.4. The number of hydrogen-bond donors (Lipinski definition) is 1. The van der Waals surface area contributed by atoms with Gasteiger partial charge in [0.1, 0.15) is 4.21 Å². The van der Waals surface area contributed by atoms with E-state index in [4.69, 9.17) is 11.6 Å². The number of benzene rings is 1. The first-order valence-corrected chi connectivity index (χ1v) is 10.5. The first kappa shape index (κ1) is 18.3. The number of sulfonamides is 1. The van der Waals surface area contributed by atoms with Gasteiger partial charge in [-0.15, -0.1) is 11.3 Å². The van der Waals surface area contributed by atoms with E-state index in [1.807, 2.05) is 4.90 Å². The van der Waals surface area contributed by atoms with Crippen LogP contribution in [-0.2, 0) is 14.8 Å². The molecule has 0 aliphatic carbocycles. The average Bonchev–Trinajstić information content (AvgIpc) is 3.13. The molecule has 0 spiro atoms. The van der Waals surface area contributed by atoms with E-state index in [0.29, 0.717) is 41.1 Å². The number of hydrogen-bond acceptors (Lipinski definition) is 5. The van der Waals surface area contributed by atoms with Gasteiger partial charge in [0, 0.05) is 26.2 Å². The first-order chi connectivity index (χ1) is 12.0. The molecule has 1 aliphatic rings. The summed E-state index contributed by atoms with van der Waals surface area (Å²) in [4.78, 5) is 14.1. The lowest BCUT2D eigenvalue weighted by molar-refractivity contribution is -0.117. The molecule has 1 amide bonds. The van der Waals surface area contributed by atoms with Crippen LogP contribution in [0.15, 0.2) is 46.0 Å². The minimum Gasteiger partial charge on any atom is -0.324 e. The zero-order chi connectivity index (χ0) is 17.9. The standard InChI is InChI=1S/C16H18ClN3O3S2/c17-13-4-1-2-5-14(13)18-15(21)12-19-7-9-20(10-8-19)25(22,23)16-6-3-11-24-16/h1-6,11H,7-10,12H2,(H,18,21). The second-order valence-electron chi connectivity index (χ2n) is 5.64. The number of nitrogens with zero attached hydrogens (tertiary/aromatic N) is 2. The van der Waals surface area contributed by atoms with Crippen LogP contribution in [0.25, 0.3) is 0 Å². The molecule has 0 radical (unpaired) electrons. The molecular formula is C16H18ClN3O3S2. The van der Waals surface area contributed by atoms with Crippen molar-refractivity contribution in [3.8, 4) is 0 Å². The zero-order valence-electron chi connectivity index (χ0n) is 13.4. The smallest absolute Gasteiger partial charge is 0.252 e. The van der Waals surface area contributed by atoms with Gasteiger partial charge in [0.15, 0.2) is 0 Å². The molecule has 1 saturated heterocycles. The molecule has 1 N–H and O–H groups in total. The number of thiophene rings is 1. The van der Waals surface area contributed by atoms with Crippen LogP contribution >= 0.6 is 22.9 Å². The lowest BCUT2D eigenvalue weighted by atomic mass is 10.3. The summed E-state index contributed by atoms with van der Waals surface area (Å²) in [6.07, 6.45) is 0. The fourth-order valence-electron chi connectivity index (χ4n) is 2.62. The number of anilines is 1. The van der Waals surface area contributed by atoms with Crippen molar-refractivity contribution in [3.63, 3.8) is 0 Å². The summed E-state index contributed by atoms with van der Waals surface area (Å²) in [5, 5.41) is 5.02. The highest BCUT2D eigenvalue weighted by molar-refractivity contribution is 7.91. The summed E-state index contributed by atoms with van der Waals surface area (Å²) in [7, 11) is -3.42. The van der Waals surface area contributed by atoms with Gasteiger partial charge in [-0.05, 0) is 23.6 Å². The number of para-hydroxylation sites is 1. The van der Waals surface area contributed by atoms with Crippen molar-refractivity contribution in [2.24, 2.45) is 0 Å². The minimum atomic E-state index is -3.42. The summed E-state index contributed by atoms with van der Waals surface area (Å²) in [6.45, 7) is 1.98. The number of carbonyl (C=O) groups excluding carboxylic acids is 1. The molecule has 9 heteroatoms. The Hall–Kier alpha value is -1.45. The molecule has 1 fully saturated rings. The van der Waals surface area contributed by atoms with Crippen molar-refractivity contribution >= 4 is 44.6 Å². The Kier molecular flexibility index (Phi) is 5.75. The second-order valence-corrected chi connectivity index (χ2v) is 9.16. The fourth-order valence-corrected chi connectivity index (χ4v) is 5.37. The SMILES string of the molecule is O=C(CN1CCN(S(=O)(=O)c2cccs2)CC1)Nc1ccccc1Cl. The molecule has 1 aromatic heterocycles. The largest absolute Gasteiger partial charge is 0.324 e. The third-order valence-corrected chi connectivity index (χ3v) is 7.54. The van der Waals surface area contributed by atoms with Crippen LogP contribution in [0.2, 0.25) is 5.02 Å². The summed E-state index contributed by atoms with van der Waals surface area (Å²) < 4.78 is 26.8. The van der Waals surface area contributed by atoms with Crippen LogP contribution in [-0.4, -0.2) is 56.3 Å². The van der Waals surface area contributed by atoms with Crippen LogP contribution in [0, 0.1) is 0 Å². The van der Waals surface area contributed by atoms with E-state index in [0.717, 1.165) is 0 Å². The van der Waals surface area contributed by atoms with Gasteiger partial charge in [0.25, 0.3) is 10.0 Å². The summed E-state index contributed by atoms with van der Waals surface area (Å²) in [5.41, 5.74) is 0.577. The molecule has 0 saturated carbocycles. The quantitative estimate of drug-likeness (QED) is 0.837. The maximum Gasteiger partial charge on any atom is 0.252 e. The van der Waals surface area contributed by atoms with Gasteiger partial charge in [0.05, 0.1) is 17.3 Å². The molecule has 134 valence electrons. The lowest BCUT2D eigenvalue weighted by Gasteiger charge is -2.33. The molecule has 1 aliphatic heterocycles. The molecule has 6 nitrogen and oxygen atoms in total. The van der Waals surface area contributed by atoms with Gasteiger partial charge < -0.3 is 5.32 Å². The number of nitrogens with one attached hydrogen (secondary N) is 1.